The monoisotopic (exact) mass is 249 g/mol. The molecule has 0 bridgehead atoms. The minimum Gasteiger partial charge on any atom is -0.397 e. The van der Waals surface area contributed by atoms with Crippen LogP contribution < -0.4 is 16.0 Å². The van der Waals surface area contributed by atoms with Crippen molar-refractivity contribution in [1.82, 2.24) is 5.32 Å². The van der Waals surface area contributed by atoms with Gasteiger partial charge < -0.3 is 20.7 Å². The Morgan fingerprint density at radius 2 is 2.33 bits per heavy atom. The number of anilines is 2. The van der Waals surface area contributed by atoms with Gasteiger partial charge in [-0.05, 0) is 24.6 Å². The lowest BCUT2D eigenvalue weighted by Gasteiger charge is -2.26. The second kappa shape index (κ2) is 5.27. The Morgan fingerprint density at radius 1 is 1.56 bits per heavy atom. The second-order valence-corrected chi connectivity index (χ2v) is 4.48. The highest BCUT2D eigenvalue weighted by Crippen LogP contribution is 2.27. The molecule has 1 aromatic carbocycles. The molecule has 98 valence electrons. The molecule has 1 unspecified atom stereocenters. The number of hydrogen-bond donors (Lipinski definition) is 2. The lowest BCUT2D eigenvalue weighted by Crippen LogP contribution is -2.32. The number of carbonyl (C=O) groups is 1. The average molecular weight is 249 g/mol. The number of ether oxygens (including phenoxy) is 1. The van der Waals surface area contributed by atoms with Crippen LogP contribution >= 0.6 is 0 Å². The number of nitrogen functional groups attached to an aromatic ring is 1. The van der Waals surface area contributed by atoms with Gasteiger partial charge in [0.15, 0.2) is 0 Å². The predicted octanol–water partition coefficient (Wildman–Crippen LogP) is 0.853. The van der Waals surface area contributed by atoms with Crippen molar-refractivity contribution in [2.24, 2.45) is 0 Å². The van der Waals surface area contributed by atoms with Crippen molar-refractivity contribution in [3.63, 3.8) is 0 Å². The van der Waals surface area contributed by atoms with Crippen molar-refractivity contribution in [3.8, 4) is 0 Å². The van der Waals surface area contributed by atoms with Crippen LogP contribution in [0.15, 0.2) is 18.2 Å². The summed E-state index contributed by atoms with van der Waals surface area (Å²) >= 11 is 0. The Labute approximate surface area is 107 Å². The number of rotatable bonds is 3. The summed E-state index contributed by atoms with van der Waals surface area (Å²) in [6.45, 7) is 1.53. The number of benzene rings is 1. The van der Waals surface area contributed by atoms with Crippen molar-refractivity contribution in [1.29, 1.82) is 0 Å². The molecule has 1 fully saturated rings. The number of nitrogens with two attached hydrogens (primary N) is 1. The molecule has 2 rings (SSSR count). The van der Waals surface area contributed by atoms with Crippen LogP contribution in [0.3, 0.4) is 0 Å². The van der Waals surface area contributed by atoms with E-state index in [4.69, 9.17) is 10.5 Å². The molecule has 1 heterocycles. The molecule has 18 heavy (non-hydrogen) atoms. The van der Waals surface area contributed by atoms with E-state index in [1.807, 2.05) is 13.1 Å². The van der Waals surface area contributed by atoms with Gasteiger partial charge in [0, 0.05) is 26.3 Å². The summed E-state index contributed by atoms with van der Waals surface area (Å²) < 4.78 is 5.37. The SMILES string of the molecule is CNC(=O)c1ccc(N(C)C2CCOC2)c(N)c1. The smallest absolute Gasteiger partial charge is 0.251 e. The zero-order chi connectivity index (χ0) is 13.1. The summed E-state index contributed by atoms with van der Waals surface area (Å²) in [5.41, 5.74) is 8.16. The zero-order valence-corrected chi connectivity index (χ0v) is 10.8. The van der Waals surface area contributed by atoms with Crippen molar-refractivity contribution < 1.29 is 9.53 Å². The second-order valence-electron chi connectivity index (χ2n) is 4.48. The van der Waals surface area contributed by atoms with Gasteiger partial charge in [-0.2, -0.15) is 0 Å². The third-order valence-corrected chi connectivity index (χ3v) is 3.35. The summed E-state index contributed by atoms with van der Waals surface area (Å²) in [4.78, 5) is 13.6. The van der Waals surface area contributed by atoms with E-state index in [2.05, 4.69) is 10.2 Å². The molecule has 0 radical (unpaired) electrons. The van der Waals surface area contributed by atoms with Crippen LogP contribution in [0.4, 0.5) is 11.4 Å². The maximum absolute atomic E-state index is 11.5. The Kier molecular flexibility index (Phi) is 3.72. The molecule has 1 amide bonds. The molecule has 5 nitrogen and oxygen atoms in total. The van der Waals surface area contributed by atoms with E-state index in [-0.39, 0.29) is 5.91 Å². The van der Waals surface area contributed by atoms with Gasteiger partial charge in [-0.1, -0.05) is 0 Å². The van der Waals surface area contributed by atoms with Gasteiger partial charge >= 0.3 is 0 Å². The molecule has 0 aliphatic carbocycles. The molecule has 0 aromatic heterocycles. The third-order valence-electron chi connectivity index (χ3n) is 3.35. The van der Waals surface area contributed by atoms with Gasteiger partial charge in [0.05, 0.1) is 24.0 Å². The minimum absolute atomic E-state index is 0.125. The molecule has 5 heteroatoms. The van der Waals surface area contributed by atoms with E-state index in [9.17, 15) is 4.79 Å². The number of likely N-dealkylation sites (N-methyl/N-ethyl adjacent to an activating group) is 1. The molecular formula is C13H19N3O2. The van der Waals surface area contributed by atoms with Crippen molar-refractivity contribution >= 4 is 17.3 Å². The Bertz CT molecular complexity index is 442. The van der Waals surface area contributed by atoms with Gasteiger partial charge in [-0.25, -0.2) is 0 Å². The largest absolute Gasteiger partial charge is 0.397 e. The molecule has 1 atom stereocenters. The highest BCUT2D eigenvalue weighted by Gasteiger charge is 2.22. The highest BCUT2D eigenvalue weighted by atomic mass is 16.5. The molecular weight excluding hydrogens is 230 g/mol. The van der Waals surface area contributed by atoms with Gasteiger partial charge in [0.1, 0.15) is 0 Å². The fourth-order valence-electron chi connectivity index (χ4n) is 2.19. The first kappa shape index (κ1) is 12.7. The number of nitrogens with one attached hydrogen (secondary N) is 1. The fourth-order valence-corrected chi connectivity index (χ4v) is 2.19. The van der Waals surface area contributed by atoms with Crippen LogP contribution in [-0.2, 0) is 4.74 Å². The van der Waals surface area contributed by atoms with E-state index in [0.717, 1.165) is 25.3 Å². The van der Waals surface area contributed by atoms with Crippen LogP contribution in [0.2, 0.25) is 0 Å². The molecule has 1 saturated heterocycles. The van der Waals surface area contributed by atoms with E-state index in [1.54, 1.807) is 19.2 Å². The summed E-state index contributed by atoms with van der Waals surface area (Å²) in [5.74, 6) is -0.125. The Hall–Kier alpha value is -1.75. The lowest BCUT2D eigenvalue weighted by molar-refractivity contribution is 0.0963. The molecule has 3 N–H and O–H groups in total. The summed E-state index contributed by atoms with van der Waals surface area (Å²) in [5, 5.41) is 2.58. The van der Waals surface area contributed by atoms with Gasteiger partial charge in [-0.15, -0.1) is 0 Å². The standard InChI is InChI=1S/C13H19N3O2/c1-15-13(17)9-3-4-12(11(14)7-9)16(2)10-5-6-18-8-10/h3-4,7,10H,5-6,8,14H2,1-2H3,(H,15,17). The van der Waals surface area contributed by atoms with Crippen LogP contribution in [0.5, 0.6) is 0 Å². The van der Waals surface area contributed by atoms with E-state index >= 15 is 0 Å². The number of hydrogen-bond acceptors (Lipinski definition) is 4. The fraction of sp³-hybridized carbons (Fsp3) is 0.462. The van der Waals surface area contributed by atoms with Crippen LogP contribution in [-0.4, -0.2) is 39.3 Å². The Morgan fingerprint density at radius 3 is 2.89 bits per heavy atom. The first-order chi connectivity index (χ1) is 8.63. The summed E-state index contributed by atoms with van der Waals surface area (Å²) in [7, 11) is 3.61. The molecule has 1 aromatic rings. The van der Waals surface area contributed by atoms with Crippen LogP contribution in [0, 0.1) is 0 Å². The maximum Gasteiger partial charge on any atom is 0.251 e. The van der Waals surface area contributed by atoms with E-state index < -0.39 is 0 Å². The zero-order valence-electron chi connectivity index (χ0n) is 10.8. The third kappa shape index (κ3) is 2.41. The number of nitrogens with zero attached hydrogens (tertiary/aromatic N) is 1. The minimum atomic E-state index is -0.125. The van der Waals surface area contributed by atoms with E-state index in [1.165, 1.54) is 0 Å². The molecule has 0 spiro atoms. The Balaban J connectivity index is 2.21. The topological polar surface area (TPSA) is 67.6 Å². The first-order valence-corrected chi connectivity index (χ1v) is 6.05. The first-order valence-electron chi connectivity index (χ1n) is 6.05. The van der Waals surface area contributed by atoms with Crippen molar-refractivity contribution in [2.45, 2.75) is 12.5 Å². The predicted molar refractivity (Wildman–Crippen MR) is 71.9 cm³/mol. The van der Waals surface area contributed by atoms with Gasteiger partial charge in [0.2, 0.25) is 0 Å². The maximum atomic E-state index is 11.5. The molecule has 1 aliphatic rings. The normalized spacial score (nSPS) is 18.7. The number of amides is 1. The summed E-state index contributed by atoms with van der Waals surface area (Å²) in [6, 6.07) is 5.74. The highest BCUT2D eigenvalue weighted by molar-refractivity contribution is 5.96. The number of carbonyl (C=O) groups excluding carboxylic acids is 1. The lowest BCUT2D eigenvalue weighted by atomic mass is 10.1. The van der Waals surface area contributed by atoms with Gasteiger partial charge in [-0.3, -0.25) is 4.79 Å². The quantitative estimate of drug-likeness (QED) is 0.779. The summed E-state index contributed by atoms with van der Waals surface area (Å²) in [6.07, 6.45) is 1.01. The molecule has 0 saturated carbocycles. The van der Waals surface area contributed by atoms with Crippen LogP contribution in [0.1, 0.15) is 16.8 Å². The van der Waals surface area contributed by atoms with Crippen LogP contribution in [0.25, 0.3) is 0 Å². The van der Waals surface area contributed by atoms with Gasteiger partial charge in [0.25, 0.3) is 5.91 Å². The van der Waals surface area contributed by atoms with Crippen molar-refractivity contribution in [3.05, 3.63) is 23.8 Å². The van der Waals surface area contributed by atoms with E-state index in [0.29, 0.717) is 17.3 Å². The molecule has 1 aliphatic heterocycles. The van der Waals surface area contributed by atoms with Crippen molar-refractivity contribution in [2.75, 3.05) is 37.9 Å². The average Bonchev–Trinajstić information content (AvgIpc) is 2.90.